The zero-order valence-electron chi connectivity index (χ0n) is 22.2. The van der Waals surface area contributed by atoms with Gasteiger partial charge in [0.2, 0.25) is 5.95 Å². The van der Waals surface area contributed by atoms with E-state index < -0.39 is 0 Å². The van der Waals surface area contributed by atoms with E-state index in [1.807, 2.05) is 97.7 Å². The number of benzene rings is 2. The first-order valence-corrected chi connectivity index (χ1v) is 12.0. The van der Waals surface area contributed by atoms with Crippen LogP contribution in [0, 0.1) is 0 Å². The number of rotatable bonds is 5. The highest BCUT2D eigenvalue weighted by molar-refractivity contribution is 5.95. The highest BCUT2D eigenvalue weighted by atomic mass is 16.0. The van der Waals surface area contributed by atoms with E-state index in [0.29, 0.717) is 5.95 Å². The molecule has 7 nitrogen and oxygen atoms in total. The summed E-state index contributed by atoms with van der Waals surface area (Å²) in [7, 11) is 4.03. The zero-order chi connectivity index (χ0) is 24.8. The minimum atomic E-state index is 0. The van der Waals surface area contributed by atoms with Crippen molar-refractivity contribution in [2.45, 2.75) is 48.5 Å². The fourth-order valence-electron chi connectivity index (χ4n) is 3.16. The molecule has 0 atom stereocenters. The van der Waals surface area contributed by atoms with Crippen molar-refractivity contribution < 1.29 is 6.90 Å². The average Bonchev–Trinajstić information content (AvgIpc) is 3.28. The standard InChI is InChI=1S/C21H22N6.3C2H6.H2O.H2/c1-4-22-21-23-11-10-19(25-21)27(3)16-12-17(15-8-6-5-7-9-15)20-18(13-16)26(2)14-24-20;3*1-2;;/h5-14H,4H2,1-3H3,(H,22,23,25);3*1-2H3;1H2;1H. The predicted octanol–water partition coefficient (Wildman–Crippen LogP) is 6.73. The minimum Gasteiger partial charge on any atom is -0.412 e. The molecule has 0 fully saturated rings. The number of aromatic nitrogens is 4. The summed E-state index contributed by atoms with van der Waals surface area (Å²) < 4.78 is 2.04. The lowest BCUT2D eigenvalue weighted by atomic mass is 10.0. The van der Waals surface area contributed by atoms with Gasteiger partial charge < -0.3 is 20.3 Å². The van der Waals surface area contributed by atoms with Gasteiger partial charge in [0, 0.05) is 39.5 Å². The third-order valence-electron chi connectivity index (χ3n) is 4.61. The molecule has 0 radical (unpaired) electrons. The molecule has 0 aliphatic heterocycles. The Balaban J connectivity index is 0. The van der Waals surface area contributed by atoms with Crippen LogP contribution in [0.25, 0.3) is 22.2 Å². The summed E-state index contributed by atoms with van der Waals surface area (Å²) in [6, 6.07) is 16.6. The first-order valence-electron chi connectivity index (χ1n) is 12.0. The molecule has 2 aromatic heterocycles. The highest BCUT2D eigenvalue weighted by Crippen LogP contribution is 2.34. The maximum atomic E-state index is 4.62. The van der Waals surface area contributed by atoms with E-state index in [4.69, 9.17) is 0 Å². The third kappa shape index (κ3) is 7.28. The van der Waals surface area contributed by atoms with Crippen molar-refractivity contribution >= 4 is 28.5 Å². The molecule has 4 rings (SSSR count). The molecule has 2 aromatic carbocycles. The normalized spacial score (nSPS) is 9.21. The van der Waals surface area contributed by atoms with E-state index in [2.05, 4.69) is 49.4 Å². The molecular weight excluding hydrogens is 424 g/mol. The van der Waals surface area contributed by atoms with Gasteiger partial charge in [-0.3, -0.25) is 0 Å². The molecule has 4 aromatic rings. The van der Waals surface area contributed by atoms with Crippen molar-refractivity contribution in [2.75, 3.05) is 23.8 Å². The van der Waals surface area contributed by atoms with Crippen LogP contribution in [0.4, 0.5) is 17.5 Å². The van der Waals surface area contributed by atoms with Crippen LogP contribution in [-0.4, -0.2) is 38.6 Å². The van der Waals surface area contributed by atoms with Gasteiger partial charge in [0.1, 0.15) is 5.82 Å². The summed E-state index contributed by atoms with van der Waals surface area (Å²) in [5.41, 5.74) is 5.38. The number of aryl methyl sites for hydroxylation is 1. The fraction of sp³-hybridized carbons (Fsp3) is 0.370. The first-order chi connectivity index (χ1) is 16.2. The quantitative estimate of drug-likeness (QED) is 0.351. The topological polar surface area (TPSA) is 90.4 Å². The van der Waals surface area contributed by atoms with Crippen molar-refractivity contribution in [1.82, 2.24) is 19.5 Å². The Hall–Kier alpha value is -3.45. The highest BCUT2D eigenvalue weighted by Gasteiger charge is 2.14. The molecular formula is C27H44N6O. The van der Waals surface area contributed by atoms with Gasteiger partial charge in [-0.15, -0.1) is 0 Å². The number of hydrogen-bond donors (Lipinski definition) is 1. The predicted molar refractivity (Wildman–Crippen MR) is 150 cm³/mol. The van der Waals surface area contributed by atoms with Crippen LogP contribution in [0.1, 0.15) is 49.9 Å². The summed E-state index contributed by atoms with van der Waals surface area (Å²) in [5, 5.41) is 3.16. The van der Waals surface area contributed by atoms with Crippen molar-refractivity contribution in [2.24, 2.45) is 7.05 Å². The van der Waals surface area contributed by atoms with Crippen LogP contribution in [-0.2, 0) is 7.05 Å². The van der Waals surface area contributed by atoms with E-state index in [1.54, 1.807) is 6.20 Å². The van der Waals surface area contributed by atoms with E-state index in [-0.39, 0.29) is 6.90 Å². The molecule has 2 heterocycles. The van der Waals surface area contributed by atoms with Crippen LogP contribution in [0.3, 0.4) is 0 Å². The van der Waals surface area contributed by atoms with Crippen molar-refractivity contribution in [3.63, 3.8) is 0 Å². The second-order valence-electron chi connectivity index (χ2n) is 6.41. The Bertz CT molecular complexity index is 1090. The van der Waals surface area contributed by atoms with Gasteiger partial charge in [-0.2, -0.15) is 4.98 Å². The smallest absolute Gasteiger partial charge is 0.224 e. The minimum absolute atomic E-state index is 0. The van der Waals surface area contributed by atoms with Crippen LogP contribution in [0.2, 0.25) is 0 Å². The largest absolute Gasteiger partial charge is 0.412 e. The SMILES string of the molecule is CC.CC.CC.CCNc1nccc(N(C)c2cc(-c3ccccc3)c3ncn(C)c3c2)n1.O.[HH]. The monoisotopic (exact) mass is 468 g/mol. The molecule has 0 aliphatic rings. The number of imidazole rings is 1. The maximum absolute atomic E-state index is 4.62. The number of fused-ring (bicyclic) bond motifs is 1. The van der Waals surface area contributed by atoms with E-state index in [1.165, 1.54) is 0 Å². The summed E-state index contributed by atoms with van der Waals surface area (Å²) in [6.45, 7) is 14.8. The third-order valence-corrected chi connectivity index (χ3v) is 4.61. The number of nitrogens with zero attached hydrogens (tertiary/aromatic N) is 5. The lowest BCUT2D eigenvalue weighted by molar-refractivity contribution is 0.824. The Morgan fingerprint density at radius 2 is 1.59 bits per heavy atom. The summed E-state index contributed by atoms with van der Waals surface area (Å²) in [4.78, 5) is 15.6. The molecule has 0 bridgehead atoms. The summed E-state index contributed by atoms with van der Waals surface area (Å²) >= 11 is 0. The van der Waals surface area contributed by atoms with Crippen LogP contribution >= 0.6 is 0 Å². The lowest BCUT2D eigenvalue weighted by Crippen LogP contribution is -2.13. The van der Waals surface area contributed by atoms with Crippen molar-refractivity contribution in [3.05, 3.63) is 61.1 Å². The van der Waals surface area contributed by atoms with Gasteiger partial charge >= 0.3 is 0 Å². The summed E-state index contributed by atoms with van der Waals surface area (Å²) in [5.74, 6) is 1.47. The molecule has 34 heavy (non-hydrogen) atoms. The van der Waals surface area contributed by atoms with E-state index >= 15 is 0 Å². The van der Waals surface area contributed by atoms with Crippen LogP contribution < -0.4 is 10.2 Å². The van der Waals surface area contributed by atoms with E-state index in [9.17, 15) is 0 Å². The van der Waals surface area contributed by atoms with Gasteiger partial charge in [0.05, 0.1) is 17.4 Å². The molecule has 3 N–H and O–H groups in total. The van der Waals surface area contributed by atoms with Gasteiger partial charge in [-0.05, 0) is 30.7 Å². The van der Waals surface area contributed by atoms with Gasteiger partial charge in [0.15, 0.2) is 0 Å². The molecule has 0 aliphatic carbocycles. The van der Waals surface area contributed by atoms with Crippen LogP contribution in [0.15, 0.2) is 61.1 Å². The first kappa shape index (κ1) is 30.6. The average molecular weight is 469 g/mol. The van der Waals surface area contributed by atoms with Crippen molar-refractivity contribution in [1.29, 1.82) is 0 Å². The molecule has 0 saturated carbocycles. The van der Waals surface area contributed by atoms with Crippen molar-refractivity contribution in [3.8, 4) is 11.1 Å². The Morgan fingerprint density at radius 1 is 0.941 bits per heavy atom. The lowest BCUT2D eigenvalue weighted by Gasteiger charge is -2.20. The maximum Gasteiger partial charge on any atom is 0.224 e. The van der Waals surface area contributed by atoms with Crippen LogP contribution in [0.5, 0.6) is 0 Å². The molecule has 188 valence electrons. The Morgan fingerprint density at radius 3 is 2.21 bits per heavy atom. The van der Waals surface area contributed by atoms with Gasteiger partial charge in [0.25, 0.3) is 0 Å². The summed E-state index contributed by atoms with van der Waals surface area (Å²) in [6.07, 6.45) is 3.63. The fourth-order valence-corrected chi connectivity index (χ4v) is 3.16. The van der Waals surface area contributed by atoms with Gasteiger partial charge in [-0.1, -0.05) is 71.9 Å². The molecule has 0 amide bonds. The molecule has 0 saturated heterocycles. The molecule has 0 unspecified atom stereocenters. The number of hydrogen-bond acceptors (Lipinski definition) is 5. The van der Waals surface area contributed by atoms with E-state index in [0.717, 1.165) is 40.2 Å². The number of anilines is 3. The molecule has 7 heteroatoms. The Kier molecular flexibility index (Phi) is 14.6. The zero-order valence-corrected chi connectivity index (χ0v) is 22.2. The van der Waals surface area contributed by atoms with Gasteiger partial charge in [-0.25, -0.2) is 9.97 Å². The second-order valence-corrected chi connectivity index (χ2v) is 6.41. The second kappa shape index (κ2) is 16.2. The number of nitrogens with one attached hydrogen (secondary N) is 1. The Labute approximate surface area is 206 Å². The molecule has 0 spiro atoms.